The van der Waals surface area contributed by atoms with Gasteiger partial charge in [0.1, 0.15) is 5.92 Å². The summed E-state index contributed by atoms with van der Waals surface area (Å²) in [5.74, 6) is -0.546. The normalized spacial score (nSPS) is 20.7. The van der Waals surface area contributed by atoms with Crippen molar-refractivity contribution >= 4 is 29.6 Å². The first-order chi connectivity index (χ1) is 8.07. The maximum Gasteiger partial charge on any atom is 0.330 e. The van der Waals surface area contributed by atoms with Crippen molar-refractivity contribution < 1.29 is 14.4 Å². The van der Waals surface area contributed by atoms with Crippen molar-refractivity contribution in [2.45, 2.75) is 26.2 Å². The van der Waals surface area contributed by atoms with Crippen molar-refractivity contribution in [2.24, 2.45) is 5.92 Å². The third-order valence-corrected chi connectivity index (χ3v) is 3.43. The van der Waals surface area contributed by atoms with Crippen LogP contribution in [-0.2, 0) is 9.59 Å². The smallest absolute Gasteiger partial charge is 0.277 e. The molecule has 1 atom stereocenters. The molecule has 0 aromatic rings. The van der Waals surface area contributed by atoms with Crippen molar-refractivity contribution in [1.29, 1.82) is 0 Å². The van der Waals surface area contributed by atoms with Gasteiger partial charge in [0.15, 0.2) is 0 Å². The Labute approximate surface area is 105 Å². The number of urea groups is 1. The van der Waals surface area contributed by atoms with Crippen molar-refractivity contribution in [3.63, 3.8) is 0 Å². The molecule has 0 aromatic heterocycles. The van der Waals surface area contributed by atoms with Crippen molar-refractivity contribution in [3.8, 4) is 0 Å². The van der Waals surface area contributed by atoms with E-state index in [4.69, 9.17) is 0 Å². The van der Waals surface area contributed by atoms with Crippen LogP contribution in [0.2, 0.25) is 0 Å². The van der Waals surface area contributed by atoms with Crippen molar-refractivity contribution in [2.75, 3.05) is 18.6 Å². The van der Waals surface area contributed by atoms with Gasteiger partial charge in [-0.25, -0.2) is 4.79 Å². The molecule has 1 unspecified atom stereocenters. The first-order valence-electron chi connectivity index (χ1n) is 5.73. The monoisotopic (exact) mass is 258 g/mol. The predicted molar refractivity (Wildman–Crippen MR) is 66.6 cm³/mol. The minimum atomic E-state index is -0.751. The molecular formula is C11H18N2O3S. The fraction of sp³-hybridized carbons (Fsp3) is 0.727. The third-order valence-electron chi connectivity index (χ3n) is 2.74. The molecule has 1 fully saturated rings. The van der Waals surface area contributed by atoms with E-state index in [1.807, 2.05) is 0 Å². The lowest BCUT2D eigenvalue weighted by atomic mass is 10.1. The summed E-state index contributed by atoms with van der Waals surface area (Å²) in [7, 11) is 0. The first-order valence-corrected chi connectivity index (χ1v) is 7.12. The van der Waals surface area contributed by atoms with Gasteiger partial charge in [0.05, 0.1) is 0 Å². The van der Waals surface area contributed by atoms with Crippen LogP contribution in [0, 0.1) is 5.92 Å². The minimum Gasteiger partial charge on any atom is -0.277 e. The molecule has 96 valence electrons. The molecule has 0 spiro atoms. The fourth-order valence-corrected chi connectivity index (χ4v) is 2.12. The van der Waals surface area contributed by atoms with E-state index in [1.54, 1.807) is 11.8 Å². The van der Waals surface area contributed by atoms with Crippen LogP contribution in [0.25, 0.3) is 0 Å². The van der Waals surface area contributed by atoms with Gasteiger partial charge in [-0.1, -0.05) is 6.42 Å². The highest BCUT2D eigenvalue weighted by Gasteiger charge is 2.36. The van der Waals surface area contributed by atoms with E-state index in [-0.39, 0.29) is 5.91 Å². The molecular weight excluding hydrogens is 240 g/mol. The van der Waals surface area contributed by atoms with E-state index < -0.39 is 17.9 Å². The zero-order chi connectivity index (χ0) is 12.8. The molecule has 1 rings (SSSR count). The van der Waals surface area contributed by atoms with E-state index in [2.05, 4.69) is 11.6 Å². The number of unbranched alkanes of at least 4 members (excludes halogenated alkanes) is 2. The molecule has 1 saturated heterocycles. The highest BCUT2D eigenvalue weighted by Crippen LogP contribution is 2.11. The summed E-state index contributed by atoms with van der Waals surface area (Å²) < 4.78 is 0. The summed E-state index contributed by atoms with van der Waals surface area (Å²) in [5.41, 5.74) is 0. The van der Waals surface area contributed by atoms with Crippen LogP contribution in [0.5, 0.6) is 0 Å². The molecule has 0 radical (unpaired) electrons. The van der Waals surface area contributed by atoms with Crippen LogP contribution >= 0.6 is 11.8 Å². The summed E-state index contributed by atoms with van der Waals surface area (Å²) in [4.78, 5) is 35.5. The van der Waals surface area contributed by atoms with E-state index in [0.717, 1.165) is 29.9 Å². The average molecular weight is 258 g/mol. The van der Waals surface area contributed by atoms with E-state index in [1.165, 1.54) is 6.92 Å². The molecule has 6 heteroatoms. The number of imide groups is 2. The molecule has 0 aliphatic carbocycles. The molecule has 1 aliphatic rings. The van der Waals surface area contributed by atoms with Crippen LogP contribution in [-0.4, -0.2) is 41.3 Å². The molecule has 0 bridgehead atoms. The summed E-state index contributed by atoms with van der Waals surface area (Å²) in [6.07, 6.45) is 4.91. The SMILES string of the molecule is CSCCCCCN1C(=O)NC(=O)C(C)C1=O. The number of nitrogens with one attached hydrogen (secondary N) is 1. The Hall–Kier alpha value is -1.04. The largest absolute Gasteiger partial charge is 0.330 e. The van der Waals surface area contributed by atoms with Gasteiger partial charge in [0, 0.05) is 6.54 Å². The molecule has 5 nitrogen and oxygen atoms in total. The Balaban J connectivity index is 2.39. The highest BCUT2D eigenvalue weighted by atomic mass is 32.2. The Morgan fingerprint density at radius 2 is 1.94 bits per heavy atom. The number of carbonyl (C=O) groups excluding carboxylic acids is 3. The number of thioether (sulfide) groups is 1. The lowest BCUT2D eigenvalue weighted by Gasteiger charge is -2.28. The van der Waals surface area contributed by atoms with E-state index in [0.29, 0.717) is 6.54 Å². The molecule has 1 N–H and O–H groups in total. The summed E-state index contributed by atoms with van der Waals surface area (Å²) >= 11 is 1.78. The van der Waals surface area contributed by atoms with Crippen LogP contribution < -0.4 is 5.32 Å². The minimum absolute atomic E-state index is 0.386. The van der Waals surface area contributed by atoms with Gasteiger partial charge in [-0.3, -0.25) is 19.8 Å². The quantitative estimate of drug-likeness (QED) is 0.575. The standard InChI is InChI=1S/C11H18N2O3S/c1-8-9(14)12-11(16)13(10(8)15)6-4-3-5-7-17-2/h8H,3-7H2,1-2H3,(H,12,14,16). The number of rotatable bonds is 6. The highest BCUT2D eigenvalue weighted by molar-refractivity contribution is 7.98. The first kappa shape index (κ1) is 14.0. The van der Waals surface area contributed by atoms with Gasteiger partial charge < -0.3 is 0 Å². The number of hydrogen-bond acceptors (Lipinski definition) is 4. The average Bonchev–Trinajstić information content (AvgIpc) is 2.30. The van der Waals surface area contributed by atoms with Gasteiger partial charge in [0.25, 0.3) is 0 Å². The fourth-order valence-electron chi connectivity index (χ4n) is 1.63. The Morgan fingerprint density at radius 1 is 1.24 bits per heavy atom. The van der Waals surface area contributed by atoms with Gasteiger partial charge in [0.2, 0.25) is 11.8 Å². The zero-order valence-corrected chi connectivity index (χ0v) is 11.0. The molecule has 4 amide bonds. The van der Waals surface area contributed by atoms with Crippen molar-refractivity contribution in [1.82, 2.24) is 10.2 Å². The molecule has 1 heterocycles. The predicted octanol–water partition coefficient (Wildman–Crippen LogP) is 1.23. The lowest BCUT2D eigenvalue weighted by molar-refractivity contribution is -0.141. The summed E-state index contributed by atoms with van der Waals surface area (Å²) in [5, 5.41) is 2.18. The summed E-state index contributed by atoms with van der Waals surface area (Å²) in [6, 6.07) is -0.581. The van der Waals surface area contributed by atoms with E-state index >= 15 is 0 Å². The third kappa shape index (κ3) is 3.73. The van der Waals surface area contributed by atoms with E-state index in [9.17, 15) is 14.4 Å². The molecule has 0 saturated carbocycles. The second kappa shape index (κ2) is 6.64. The van der Waals surface area contributed by atoms with Gasteiger partial charge in [-0.05, 0) is 31.8 Å². The number of amides is 4. The Kier molecular flexibility index (Phi) is 5.47. The number of barbiturate groups is 1. The maximum atomic E-state index is 11.7. The number of nitrogens with zero attached hydrogens (tertiary/aromatic N) is 1. The molecule has 17 heavy (non-hydrogen) atoms. The van der Waals surface area contributed by atoms with Crippen molar-refractivity contribution in [3.05, 3.63) is 0 Å². The van der Waals surface area contributed by atoms with Crippen LogP contribution in [0.3, 0.4) is 0 Å². The topological polar surface area (TPSA) is 66.5 Å². The number of carbonyl (C=O) groups is 3. The van der Waals surface area contributed by atoms with Gasteiger partial charge in [-0.2, -0.15) is 11.8 Å². The van der Waals surface area contributed by atoms with Crippen LogP contribution in [0.4, 0.5) is 4.79 Å². The molecule has 0 aromatic carbocycles. The van der Waals surface area contributed by atoms with Gasteiger partial charge >= 0.3 is 6.03 Å². The van der Waals surface area contributed by atoms with Gasteiger partial charge in [-0.15, -0.1) is 0 Å². The lowest BCUT2D eigenvalue weighted by Crippen LogP contribution is -2.57. The Morgan fingerprint density at radius 3 is 2.59 bits per heavy atom. The second-order valence-corrected chi connectivity index (χ2v) is 5.05. The van der Waals surface area contributed by atoms with Crippen LogP contribution in [0.1, 0.15) is 26.2 Å². The second-order valence-electron chi connectivity index (χ2n) is 4.06. The molecule has 1 aliphatic heterocycles. The summed E-state index contributed by atoms with van der Waals surface area (Å²) in [6.45, 7) is 1.92. The number of hydrogen-bond donors (Lipinski definition) is 1. The van der Waals surface area contributed by atoms with Crippen LogP contribution in [0.15, 0.2) is 0 Å². The zero-order valence-electron chi connectivity index (χ0n) is 10.2. The Bertz CT molecular complexity index is 320. The maximum absolute atomic E-state index is 11.7.